The number of fused-ring (bicyclic) bond motifs is 1. The molecule has 1 saturated heterocycles. The number of hydrogen-bond acceptors (Lipinski definition) is 6. The van der Waals surface area contributed by atoms with Crippen molar-refractivity contribution >= 4 is 23.2 Å². The first-order valence-electron chi connectivity index (χ1n) is 10.4. The molecule has 3 aromatic rings. The lowest BCUT2D eigenvalue weighted by Crippen LogP contribution is -2.20. The molecular weight excluding hydrogens is 394 g/mol. The molecular formula is C23H23N5O3. The summed E-state index contributed by atoms with van der Waals surface area (Å²) in [6.45, 7) is 3.09. The Balaban J connectivity index is 1.25. The van der Waals surface area contributed by atoms with Gasteiger partial charge in [-0.25, -0.2) is 4.79 Å². The topological polar surface area (TPSA) is 88.6 Å². The Labute approximate surface area is 180 Å². The molecule has 2 amide bonds. The highest BCUT2D eigenvalue weighted by Gasteiger charge is 2.15. The van der Waals surface area contributed by atoms with Crippen LogP contribution in [0.4, 0.5) is 22.0 Å². The molecule has 31 heavy (non-hydrogen) atoms. The third-order valence-electron chi connectivity index (χ3n) is 5.30. The SMILES string of the molecule is O=C(Nc1cccc(-c2ccc(N3CCCC3)nn2)c1)Nc1ccc2c(c1)OCCO2. The average Bonchev–Trinajstić information content (AvgIpc) is 3.34. The van der Waals surface area contributed by atoms with Gasteiger partial charge in [-0.15, -0.1) is 10.2 Å². The van der Waals surface area contributed by atoms with Gasteiger partial charge in [0.1, 0.15) is 13.2 Å². The number of aromatic nitrogens is 2. The van der Waals surface area contributed by atoms with E-state index in [-0.39, 0.29) is 6.03 Å². The number of nitrogens with zero attached hydrogens (tertiary/aromatic N) is 3. The van der Waals surface area contributed by atoms with Crippen molar-refractivity contribution in [2.45, 2.75) is 12.8 Å². The summed E-state index contributed by atoms with van der Waals surface area (Å²) in [5.41, 5.74) is 2.94. The Kier molecular flexibility index (Phi) is 5.26. The fraction of sp³-hybridized carbons (Fsp3) is 0.261. The zero-order chi connectivity index (χ0) is 21.0. The van der Waals surface area contributed by atoms with Crippen LogP contribution in [0.1, 0.15) is 12.8 Å². The molecule has 0 saturated carbocycles. The molecule has 158 valence electrons. The van der Waals surface area contributed by atoms with Crippen LogP contribution >= 0.6 is 0 Å². The summed E-state index contributed by atoms with van der Waals surface area (Å²) in [5, 5.41) is 14.4. The molecule has 5 rings (SSSR count). The van der Waals surface area contributed by atoms with E-state index < -0.39 is 0 Å². The van der Waals surface area contributed by atoms with Crippen molar-refractivity contribution in [2.24, 2.45) is 0 Å². The van der Waals surface area contributed by atoms with Gasteiger partial charge < -0.3 is 25.0 Å². The van der Waals surface area contributed by atoms with Crippen LogP contribution in [0, 0.1) is 0 Å². The first-order chi connectivity index (χ1) is 15.2. The predicted molar refractivity (Wildman–Crippen MR) is 119 cm³/mol. The van der Waals surface area contributed by atoms with Gasteiger partial charge in [-0.05, 0) is 49.2 Å². The van der Waals surface area contributed by atoms with Crippen molar-refractivity contribution < 1.29 is 14.3 Å². The van der Waals surface area contributed by atoms with Crippen molar-refractivity contribution in [2.75, 3.05) is 41.8 Å². The van der Waals surface area contributed by atoms with Crippen LogP contribution in [0.25, 0.3) is 11.3 Å². The second kappa shape index (κ2) is 8.51. The van der Waals surface area contributed by atoms with Crippen molar-refractivity contribution in [3.05, 3.63) is 54.6 Å². The maximum Gasteiger partial charge on any atom is 0.323 e. The highest BCUT2D eigenvalue weighted by atomic mass is 16.6. The standard InChI is InChI=1S/C23H23N5O3/c29-23(25-18-6-8-20-21(15-18)31-13-12-30-20)24-17-5-3-4-16(14-17)19-7-9-22(27-26-19)28-10-1-2-11-28/h3-9,14-15H,1-2,10-13H2,(H2,24,25,29). The summed E-state index contributed by atoms with van der Waals surface area (Å²) in [4.78, 5) is 14.7. The average molecular weight is 417 g/mol. The molecule has 0 spiro atoms. The van der Waals surface area contributed by atoms with Gasteiger partial charge in [-0.2, -0.15) is 0 Å². The largest absolute Gasteiger partial charge is 0.486 e. The normalized spacial score (nSPS) is 14.9. The summed E-state index contributed by atoms with van der Waals surface area (Å²) in [5.74, 6) is 2.22. The van der Waals surface area contributed by atoms with Gasteiger partial charge in [0, 0.05) is 36.1 Å². The van der Waals surface area contributed by atoms with Gasteiger partial charge in [0.2, 0.25) is 0 Å². The lowest BCUT2D eigenvalue weighted by molar-refractivity contribution is 0.171. The number of anilines is 3. The molecule has 8 nitrogen and oxygen atoms in total. The van der Waals surface area contributed by atoms with Gasteiger partial charge in [0.15, 0.2) is 17.3 Å². The zero-order valence-electron chi connectivity index (χ0n) is 17.0. The number of carbonyl (C=O) groups is 1. The lowest BCUT2D eigenvalue weighted by atomic mass is 10.1. The molecule has 2 aliphatic rings. The number of ether oxygens (including phenoxy) is 2. The predicted octanol–water partition coefficient (Wildman–Crippen LogP) is 4.16. The highest BCUT2D eigenvalue weighted by Crippen LogP contribution is 2.32. The number of rotatable bonds is 4. The molecule has 0 bridgehead atoms. The third-order valence-corrected chi connectivity index (χ3v) is 5.30. The first-order valence-corrected chi connectivity index (χ1v) is 10.4. The van der Waals surface area contributed by atoms with Crippen molar-refractivity contribution in [3.8, 4) is 22.8 Å². The minimum Gasteiger partial charge on any atom is -0.486 e. The van der Waals surface area contributed by atoms with Crippen LogP contribution in [-0.2, 0) is 0 Å². The van der Waals surface area contributed by atoms with Gasteiger partial charge in [-0.3, -0.25) is 0 Å². The second-order valence-electron chi connectivity index (χ2n) is 7.49. The molecule has 2 aromatic carbocycles. The van der Waals surface area contributed by atoms with Crippen LogP contribution in [0.2, 0.25) is 0 Å². The fourth-order valence-electron chi connectivity index (χ4n) is 3.76. The Morgan fingerprint density at radius 3 is 2.39 bits per heavy atom. The van der Waals surface area contributed by atoms with Gasteiger partial charge in [0.05, 0.1) is 5.69 Å². The van der Waals surface area contributed by atoms with Crippen molar-refractivity contribution in [3.63, 3.8) is 0 Å². The van der Waals surface area contributed by atoms with E-state index in [1.165, 1.54) is 12.8 Å². The van der Waals surface area contributed by atoms with E-state index in [9.17, 15) is 4.79 Å². The Morgan fingerprint density at radius 2 is 1.61 bits per heavy atom. The van der Waals surface area contributed by atoms with Crippen LogP contribution in [0.3, 0.4) is 0 Å². The Bertz CT molecular complexity index is 1080. The summed E-state index contributed by atoms with van der Waals surface area (Å²) < 4.78 is 11.1. The number of benzene rings is 2. The van der Waals surface area contributed by atoms with E-state index >= 15 is 0 Å². The smallest absolute Gasteiger partial charge is 0.323 e. The van der Waals surface area contributed by atoms with E-state index in [0.717, 1.165) is 30.2 Å². The lowest BCUT2D eigenvalue weighted by Gasteiger charge is -2.19. The van der Waals surface area contributed by atoms with Gasteiger partial charge >= 0.3 is 6.03 Å². The first kappa shape index (κ1) is 19.2. The fourth-order valence-corrected chi connectivity index (χ4v) is 3.76. The molecule has 1 aromatic heterocycles. The van der Waals surface area contributed by atoms with Crippen molar-refractivity contribution in [1.82, 2.24) is 10.2 Å². The minimum atomic E-state index is -0.343. The number of urea groups is 1. The molecule has 1 fully saturated rings. The van der Waals surface area contributed by atoms with E-state index in [2.05, 4.69) is 25.7 Å². The van der Waals surface area contributed by atoms with E-state index in [4.69, 9.17) is 9.47 Å². The molecule has 3 heterocycles. The monoisotopic (exact) mass is 417 g/mol. The van der Waals surface area contributed by atoms with Crippen LogP contribution < -0.4 is 25.0 Å². The molecule has 8 heteroatoms. The second-order valence-corrected chi connectivity index (χ2v) is 7.49. The number of carbonyl (C=O) groups excluding carboxylic acids is 1. The Morgan fingerprint density at radius 1 is 0.839 bits per heavy atom. The maximum atomic E-state index is 12.5. The van der Waals surface area contributed by atoms with Gasteiger partial charge in [0.25, 0.3) is 0 Å². The molecule has 0 radical (unpaired) electrons. The van der Waals surface area contributed by atoms with Crippen LogP contribution in [0.5, 0.6) is 11.5 Å². The molecule has 0 unspecified atom stereocenters. The minimum absolute atomic E-state index is 0.343. The molecule has 2 N–H and O–H groups in total. The number of hydrogen-bond donors (Lipinski definition) is 2. The maximum absolute atomic E-state index is 12.5. The van der Waals surface area contributed by atoms with Gasteiger partial charge in [-0.1, -0.05) is 12.1 Å². The van der Waals surface area contributed by atoms with Crippen LogP contribution in [0.15, 0.2) is 54.6 Å². The number of amides is 2. The van der Waals surface area contributed by atoms with Crippen molar-refractivity contribution in [1.29, 1.82) is 0 Å². The molecule has 0 atom stereocenters. The summed E-state index contributed by atoms with van der Waals surface area (Å²) in [6.07, 6.45) is 2.40. The summed E-state index contributed by atoms with van der Waals surface area (Å²) in [6, 6.07) is 16.5. The molecule has 0 aliphatic carbocycles. The van der Waals surface area contributed by atoms with E-state index in [1.54, 1.807) is 18.2 Å². The zero-order valence-corrected chi connectivity index (χ0v) is 17.0. The van der Waals surface area contributed by atoms with E-state index in [0.29, 0.717) is 36.1 Å². The molecule has 2 aliphatic heterocycles. The third kappa shape index (κ3) is 4.37. The summed E-state index contributed by atoms with van der Waals surface area (Å²) in [7, 11) is 0. The highest BCUT2D eigenvalue weighted by molar-refractivity contribution is 6.00. The Hall–Kier alpha value is -3.81. The quantitative estimate of drug-likeness (QED) is 0.663. The van der Waals surface area contributed by atoms with Crippen LogP contribution in [-0.4, -0.2) is 42.5 Å². The number of nitrogens with one attached hydrogen (secondary N) is 2. The summed E-state index contributed by atoms with van der Waals surface area (Å²) >= 11 is 0. The van der Waals surface area contributed by atoms with E-state index in [1.807, 2.05) is 36.4 Å².